The summed E-state index contributed by atoms with van der Waals surface area (Å²) in [6.45, 7) is 0. The van der Waals surface area contributed by atoms with Crippen molar-refractivity contribution in [2.24, 2.45) is 0 Å². The van der Waals surface area contributed by atoms with Gasteiger partial charge in [-0.1, -0.05) is 115 Å². The number of aryl methyl sites for hydroxylation is 2. The smallest absolute Gasteiger partial charge is 0.0412 e. The number of hydrogen-bond acceptors (Lipinski definition) is 0. The molecule has 1 heteroatoms. The molecule has 0 aromatic heterocycles. The van der Waals surface area contributed by atoms with E-state index < -0.39 is 0 Å². The van der Waals surface area contributed by atoms with Crippen LogP contribution in [0.3, 0.4) is 0 Å². The number of fused-ring (bicyclic) bond motifs is 7. The van der Waals surface area contributed by atoms with E-state index in [-0.39, 0.29) is 0 Å². The molecule has 0 N–H and O–H groups in total. The second-order valence-corrected chi connectivity index (χ2v) is 9.07. The van der Waals surface area contributed by atoms with Gasteiger partial charge in [0.05, 0.1) is 0 Å². The predicted molar refractivity (Wildman–Crippen MR) is 141 cm³/mol. The Morgan fingerprint density at radius 3 is 1.79 bits per heavy atom. The Hall–Kier alpha value is -3.61. The lowest BCUT2D eigenvalue weighted by Crippen LogP contribution is -2.01. The highest BCUT2D eigenvalue weighted by molar-refractivity contribution is 6.31. The summed E-state index contributed by atoms with van der Waals surface area (Å²) >= 11 is 6.49. The number of hydrogen-bond donors (Lipinski definition) is 0. The fourth-order valence-corrected chi connectivity index (χ4v) is 5.24. The van der Waals surface area contributed by atoms with E-state index in [9.17, 15) is 0 Å². The van der Waals surface area contributed by atoms with E-state index in [1.165, 1.54) is 55.6 Å². The summed E-state index contributed by atoms with van der Waals surface area (Å²) in [6, 6.07) is 41.4. The third-order valence-electron chi connectivity index (χ3n) is 6.67. The average molecular weight is 443 g/mol. The van der Waals surface area contributed by atoms with Crippen LogP contribution in [0.2, 0.25) is 5.02 Å². The van der Waals surface area contributed by atoms with E-state index in [0.717, 1.165) is 17.9 Å². The lowest BCUT2D eigenvalue weighted by Gasteiger charge is -2.21. The normalized spacial score (nSPS) is 12.2. The average Bonchev–Trinajstić information content (AvgIpc) is 2.88. The van der Waals surface area contributed by atoms with Crippen molar-refractivity contribution < 1.29 is 0 Å². The first-order valence-corrected chi connectivity index (χ1v) is 11.8. The van der Waals surface area contributed by atoms with Gasteiger partial charge in [0, 0.05) is 5.02 Å². The van der Waals surface area contributed by atoms with Crippen molar-refractivity contribution in [3.05, 3.63) is 131 Å². The van der Waals surface area contributed by atoms with Crippen LogP contribution in [0.4, 0.5) is 0 Å². The van der Waals surface area contributed by atoms with Crippen LogP contribution in [-0.4, -0.2) is 0 Å². The minimum atomic E-state index is 0.769. The number of halogens is 1. The number of benzene rings is 5. The Morgan fingerprint density at radius 1 is 0.394 bits per heavy atom. The lowest BCUT2D eigenvalue weighted by molar-refractivity contribution is 0.964. The van der Waals surface area contributed by atoms with Crippen molar-refractivity contribution in [3.63, 3.8) is 0 Å². The zero-order valence-corrected chi connectivity index (χ0v) is 19.0. The van der Waals surface area contributed by atoms with Gasteiger partial charge in [-0.3, -0.25) is 0 Å². The minimum Gasteiger partial charge on any atom is -0.0843 e. The highest BCUT2D eigenvalue weighted by Crippen LogP contribution is 2.43. The molecule has 0 saturated heterocycles. The van der Waals surface area contributed by atoms with Gasteiger partial charge in [-0.15, -0.1) is 0 Å². The Kier molecular flexibility index (Phi) is 5.09. The third kappa shape index (κ3) is 3.67. The summed E-state index contributed by atoms with van der Waals surface area (Å²) < 4.78 is 0. The maximum atomic E-state index is 6.49. The van der Waals surface area contributed by atoms with Crippen molar-refractivity contribution in [1.29, 1.82) is 0 Å². The largest absolute Gasteiger partial charge is 0.0843 e. The highest BCUT2D eigenvalue weighted by Gasteiger charge is 2.19. The molecular weight excluding hydrogens is 420 g/mol. The summed E-state index contributed by atoms with van der Waals surface area (Å²) in [5.41, 5.74) is 12.8. The minimum absolute atomic E-state index is 0.769. The molecular formula is C32H23Cl. The predicted octanol–water partition coefficient (Wildman–Crippen LogP) is 9.11. The van der Waals surface area contributed by atoms with Crippen LogP contribution in [-0.2, 0) is 12.8 Å². The first-order valence-electron chi connectivity index (χ1n) is 11.4. The SMILES string of the molecule is Clc1ccc2c(c1)-c1ccccc1CCc1cc(-c3ccccc3)ccc1-c1ccccc1-2. The van der Waals surface area contributed by atoms with Crippen LogP contribution in [0.15, 0.2) is 115 Å². The van der Waals surface area contributed by atoms with Gasteiger partial charge >= 0.3 is 0 Å². The van der Waals surface area contributed by atoms with Gasteiger partial charge in [0.2, 0.25) is 0 Å². The van der Waals surface area contributed by atoms with Gasteiger partial charge in [0.25, 0.3) is 0 Å². The van der Waals surface area contributed by atoms with Crippen LogP contribution in [0.5, 0.6) is 0 Å². The van der Waals surface area contributed by atoms with E-state index >= 15 is 0 Å². The maximum Gasteiger partial charge on any atom is 0.0412 e. The quantitative estimate of drug-likeness (QED) is 0.243. The van der Waals surface area contributed by atoms with Crippen LogP contribution in [0.25, 0.3) is 44.5 Å². The zero-order chi connectivity index (χ0) is 22.2. The van der Waals surface area contributed by atoms with Crippen molar-refractivity contribution >= 4 is 11.6 Å². The van der Waals surface area contributed by atoms with Gasteiger partial charge in [0.15, 0.2) is 0 Å². The van der Waals surface area contributed by atoms with Gasteiger partial charge in [-0.25, -0.2) is 0 Å². The fraction of sp³-hybridized carbons (Fsp3) is 0.0625. The number of rotatable bonds is 1. The Morgan fingerprint density at radius 2 is 0.970 bits per heavy atom. The molecule has 6 rings (SSSR count). The molecule has 0 nitrogen and oxygen atoms in total. The first-order chi connectivity index (χ1) is 16.3. The fourth-order valence-electron chi connectivity index (χ4n) is 5.07. The summed E-state index contributed by atoms with van der Waals surface area (Å²) in [4.78, 5) is 0. The summed E-state index contributed by atoms with van der Waals surface area (Å²) in [6.07, 6.45) is 1.97. The molecule has 1 aliphatic carbocycles. The van der Waals surface area contributed by atoms with Gasteiger partial charge in [-0.2, -0.15) is 0 Å². The Labute approximate surface area is 200 Å². The molecule has 0 spiro atoms. The van der Waals surface area contributed by atoms with E-state index in [2.05, 4.69) is 109 Å². The standard InChI is InChI=1S/C32H23Cl/c33-26-17-19-31-30-13-7-6-12-29(30)28-18-16-24(22-8-2-1-3-9-22)20-25(28)15-14-23-10-4-5-11-27(23)32(31)21-26/h1-13,16-21H,14-15H2. The molecule has 0 saturated carbocycles. The van der Waals surface area contributed by atoms with Crippen LogP contribution in [0, 0.1) is 0 Å². The lowest BCUT2D eigenvalue weighted by atomic mass is 9.83. The second kappa shape index (κ2) is 8.39. The molecule has 0 unspecified atom stereocenters. The summed E-state index contributed by atoms with van der Waals surface area (Å²) in [5.74, 6) is 0. The van der Waals surface area contributed by atoms with Crippen LogP contribution in [0.1, 0.15) is 11.1 Å². The molecule has 0 heterocycles. The van der Waals surface area contributed by atoms with Gasteiger partial charge < -0.3 is 0 Å². The Balaban J connectivity index is 1.64. The molecule has 5 aromatic carbocycles. The highest BCUT2D eigenvalue weighted by atomic mass is 35.5. The van der Waals surface area contributed by atoms with E-state index in [1.807, 2.05) is 6.07 Å². The van der Waals surface area contributed by atoms with Crippen LogP contribution < -0.4 is 0 Å². The van der Waals surface area contributed by atoms with Crippen molar-refractivity contribution in [2.45, 2.75) is 12.8 Å². The van der Waals surface area contributed by atoms with E-state index in [1.54, 1.807) is 0 Å². The molecule has 5 aromatic rings. The van der Waals surface area contributed by atoms with E-state index in [4.69, 9.17) is 11.6 Å². The topological polar surface area (TPSA) is 0 Å². The monoisotopic (exact) mass is 442 g/mol. The summed E-state index contributed by atoms with van der Waals surface area (Å²) in [7, 11) is 0. The molecule has 158 valence electrons. The third-order valence-corrected chi connectivity index (χ3v) is 6.91. The first kappa shape index (κ1) is 20.0. The maximum absolute atomic E-state index is 6.49. The van der Waals surface area contributed by atoms with Crippen molar-refractivity contribution in [3.8, 4) is 44.5 Å². The molecule has 0 bridgehead atoms. The molecule has 1 aliphatic rings. The van der Waals surface area contributed by atoms with Crippen LogP contribution >= 0.6 is 11.6 Å². The molecule has 0 amide bonds. The molecule has 0 radical (unpaired) electrons. The van der Waals surface area contributed by atoms with Gasteiger partial charge in [0.1, 0.15) is 0 Å². The van der Waals surface area contributed by atoms with E-state index in [0.29, 0.717) is 0 Å². The molecule has 0 fully saturated rings. The zero-order valence-electron chi connectivity index (χ0n) is 18.3. The van der Waals surface area contributed by atoms with Crippen molar-refractivity contribution in [2.75, 3.05) is 0 Å². The van der Waals surface area contributed by atoms with Crippen molar-refractivity contribution in [1.82, 2.24) is 0 Å². The Bertz CT molecular complexity index is 1460. The molecule has 33 heavy (non-hydrogen) atoms. The summed E-state index contributed by atoms with van der Waals surface area (Å²) in [5, 5.41) is 0.769. The van der Waals surface area contributed by atoms with Gasteiger partial charge in [-0.05, 0) is 80.6 Å². The second-order valence-electron chi connectivity index (χ2n) is 8.63. The molecule has 0 aliphatic heterocycles. The molecule has 0 atom stereocenters.